The molecule has 22 heavy (non-hydrogen) atoms. The largest absolute Gasteiger partial charge is 0.387 e. The Morgan fingerprint density at radius 2 is 1.91 bits per heavy atom. The lowest BCUT2D eigenvalue weighted by atomic mass is 10.0. The molecule has 0 saturated carbocycles. The molecule has 1 atom stereocenters. The van der Waals surface area contributed by atoms with Crippen LogP contribution >= 0.6 is 0 Å². The molecule has 124 valence electrons. The van der Waals surface area contributed by atoms with Gasteiger partial charge in [-0.25, -0.2) is 4.39 Å². The fourth-order valence-electron chi connectivity index (χ4n) is 2.75. The van der Waals surface area contributed by atoms with Crippen LogP contribution in [0.1, 0.15) is 30.9 Å². The fraction of sp³-hybridized carbons (Fsp3) is 0.647. The fourth-order valence-corrected chi connectivity index (χ4v) is 2.75. The van der Waals surface area contributed by atoms with Gasteiger partial charge in [0.25, 0.3) is 0 Å². The van der Waals surface area contributed by atoms with E-state index in [1.54, 1.807) is 19.2 Å². The van der Waals surface area contributed by atoms with Gasteiger partial charge in [-0.3, -0.25) is 0 Å². The number of β-amino-alcohol motifs (C(OH)–C–C–N with tert-alkyl or cyclic N) is 1. The lowest BCUT2D eigenvalue weighted by molar-refractivity contribution is -0.00824. The lowest BCUT2D eigenvalue weighted by Crippen LogP contribution is -2.39. The Kier molecular flexibility index (Phi) is 7.25. The van der Waals surface area contributed by atoms with Gasteiger partial charge in [-0.2, -0.15) is 0 Å². The Hall–Kier alpha value is -1.01. The maximum absolute atomic E-state index is 12.9. The normalized spacial score (nSPS) is 18.5. The molecule has 0 amide bonds. The standard InChI is InChI=1S/C17H26FNO3/c1-21-11-2-12-22-16-7-9-19(10-8-16)13-17(20)14-3-5-15(18)6-4-14/h3-6,16-17,20H,2,7-13H2,1H3. The van der Waals surface area contributed by atoms with Crippen LogP contribution in [0.15, 0.2) is 24.3 Å². The number of hydrogen-bond donors (Lipinski definition) is 1. The third-order valence-corrected chi connectivity index (χ3v) is 4.07. The molecule has 0 aliphatic carbocycles. The van der Waals surface area contributed by atoms with E-state index in [0.717, 1.165) is 51.1 Å². The van der Waals surface area contributed by atoms with E-state index in [0.29, 0.717) is 12.6 Å². The highest BCUT2D eigenvalue weighted by atomic mass is 19.1. The van der Waals surface area contributed by atoms with Crippen molar-refractivity contribution in [2.24, 2.45) is 0 Å². The molecule has 1 fully saturated rings. The van der Waals surface area contributed by atoms with Crippen LogP contribution < -0.4 is 0 Å². The zero-order valence-electron chi connectivity index (χ0n) is 13.2. The maximum Gasteiger partial charge on any atom is 0.123 e. The average molecular weight is 311 g/mol. The molecule has 2 rings (SSSR count). The molecule has 1 aromatic carbocycles. The highest BCUT2D eigenvalue weighted by molar-refractivity contribution is 5.18. The summed E-state index contributed by atoms with van der Waals surface area (Å²) in [4.78, 5) is 2.24. The van der Waals surface area contributed by atoms with Crippen LogP contribution in [0.4, 0.5) is 4.39 Å². The molecule has 4 nitrogen and oxygen atoms in total. The van der Waals surface area contributed by atoms with E-state index in [2.05, 4.69) is 4.90 Å². The van der Waals surface area contributed by atoms with Crippen molar-refractivity contribution in [3.63, 3.8) is 0 Å². The number of benzene rings is 1. The number of ether oxygens (including phenoxy) is 2. The first-order valence-electron chi connectivity index (χ1n) is 7.95. The predicted molar refractivity (Wildman–Crippen MR) is 83.3 cm³/mol. The number of aliphatic hydroxyl groups excluding tert-OH is 1. The van der Waals surface area contributed by atoms with Crippen LogP contribution in [-0.4, -0.2) is 56.1 Å². The molecular weight excluding hydrogens is 285 g/mol. The second-order valence-corrected chi connectivity index (χ2v) is 5.78. The van der Waals surface area contributed by atoms with Crippen LogP contribution in [0, 0.1) is 5.82 Å². The van der Waals surface area contributed by atoms with E-state index < -0.39 is 6.10 Å². The lowest BCUT2D eigenvalue weighted by Gasteiger charge is -2.33. The molecule has 1 aromatic rings. The van der Waals surface area contributed by atoms with E-state index in [9.17, 15) is 9.50 Å². The molecule has 0 bridgehead atoms. The van der Waals surface area contributed by atoms with Crippen LogP contribution in [0.2, 0.25) is 0 Å². The molecule has 1 aliphatic heterocycles. The topological polar surface area (TPSA) is 41.9 Å². The summed E-state index contributed by atoms with van der Waals surface area (Å²) in [5.74, 6) is -0.276. The van der Waals surface area contributed by atoms with Crippen molar-refractivity contribution >= 4 is 0 Å². The van der Waals surface area contributed by atoms with E-state index in [4.69, 9.17) is 9.47 Å². The van der Waals surface area contributed by atoms with Gasteiger partial charge in [0.1, 0.15) is 5.82 Å². The first-order valence-corrected chi connectivity index (χ1v) is 7.95. The molecule has 0 radical (unpaired) electrons. The number of hydrogen-bond acceptors (Lipinski definition) is 4. The Labute approximate surface area is 131 Å². The van der Waals surface area contributed by atoms with Crippen molar-refractivity contribution in [3.8, 4) is 0 Å². The van der Waals surface area contributed by atoms with Gasteiger partial charge in [0, 0.05) is 40.0 Å². The van der Waals surface area contributed by atoms with Crippen molar-refractivity contribution in [1.29, 1.82) is 0 Å². The summed E-state index contributed by atoms with van der Waals surface area (Å²) in [6.45, 7) is 3.92. The molecule has 1 N–H and O–H groups in total. The van der Waals surface area contributed by atoms with E-state index in [-0.39, 0.29) is 5.82 Å². The third kappa shape index (κ3) is 5.65. The number of piperidine rings is 1. The second-order valence-electron chi connectivity index (χ2n) is 5.78. The monoisotopic (exact) mass is 311 g/mol. The molecule has 0 aromatic heterocycles. The third-order valence-electron chi connectivity index (χ3n) is 4.07. The van der Waals surface area contributed by atoms with Gasteiger partial charge in [-0.05, 0) is 37.0 Å². The van der Waals surface area contributed by atoms with Gasteiger partial charge in [0.15, 0.2) is 0 Å². The first-order chi connectivity index (χ1) is 10.7. The quantitative estimate of drug-likeness (QED) is 0.749. The minimum absolute atomic E-state index is 0.276. The number of rotatable bonds is 8. The smallest absolute Gasteiger partial charge is 0.123 e. The summed E-state index contributed by atoms with van der Waals surface area (Å²) in [7, 11) is 1.70. The predicted octanol–water partition coefficient (Wildman–Crippen LogP) is 2.38. The number of nitrogens with zero attached hydrogens (tertiary/aromatic N) is 1. The Morgan fingerprint density at radius 3 is 2.55 bits per heavy atom. The van der Waals surface area contributed by atoms with Crippen molar-refractivity contribution in [3.05, 3.63) is 35.6 Å². The second kappa shape index (κ2) is 9.20. The van der Waals surface area contributed by atoms with E-state index in [1.165, 1.54) is 12.1 Å². The van der Waals surface area contributed by atoms with Gasteiger partial charge in [0.2, 0.25) is 0 Å². The molecule has 1 aliphatic rings. The minimum atomic E-state index is -0.570. The summed E-state index contributed by atoms with van der Waals surface area (Å²) in [6.07, 6.45) is 2.66. The maximum atomic E-state index is 12.9. The van der Waals surface area contributed by atoms with Crippen molar-refractivity contribution < 1.29 is 19.0 Å². The molecule has 1 heterocycles. The SMILES string of the molecule is COCCCOC1CCN(CC(O)c2ccc(F)cc2)CC1. The highest BCUT2D eigenvalue weighted by Gasteiger charge is 2.21. The first kappa shape index (κ1) is 17.3. The molecule has 0 spiro atoms. The average Bonchev–Trinajstić information content (AvgIpc) is 2.54. The number of methoxy groups -OCH3 is 1. The van der Waals surface area contributed by atoms with Gasteiger partial charge >= 0.3 is 0 Å². The highest BCUT2D eigenvalue weighted by Crippen LogP contribution is 2.19. The Morgan fingerprint density at radius 1 is 1.23 bits per heavy atom. The van der Waals surface area contributed by atoms with Crippen LogP contribution in [0.5, 0.6) is 0 Å². The van der Waals surface area contributed by atoms with Crippen LogP contribution in [0.3, 0.4) is 0 Å². The van der Waals surface area contributed by atoms with Gasteiger partial charge in [0.05, 0.1) is 12.2 Å². The summed E-state index contributed by atoms with van der Waals surface area (Å²) < 4.78 is 23.7. The molecule has 1 unspecified atom stereocenters. The number of aliphatic hydroxyl groups is 1. The van der Waals surface area contributed by atoms with Gasteiger partial charge < -0.3 is 19.5 Å². The zero-order valence-corrected chi connectivity index (χ0v) is 13.2. The molecular formula is C17H26FNO3. The van der Waals surface area contributed by atoms with Crippen molar-refractivity contribution in [2.75, 3.05) is 40.0 Å². The van der Waals surface area contributed by atoms with Gasteiger partial charge in [-0.15, -0.1) is 0 Å². The summed E-state index contributed by atoms with van der Waals surface area (Å²) in [5, 5.41) is 10.2. The van der Waals surface area contributed by atoms with E-state index in [1.807, 2.05) is 0 Å². The molecule has 5 heteroatoms. The number of likely N-dealkylation sites (tertiary alicyclic amines) is 1. The number of halogens is 1. The summed E-state index contributed by atoms with van der Waals surface area (Å²) in [5.41, 5.74) is 0.763. The van der Waals surface area contributed by atoms with Crippen LogP contribution in [-0.2, 0) is 9.47 Å². The Balaban J connectivity index is 1.67. The van der Waals surface area contributed by atoms with Crippen molar-refractivity contribution in [2.45, 2.75) is 31.5 Å². The molecule has 1 saturated heterocycles. The zero-order chi connectivity index (χ0) is 15.8. The van der Waals surface area contributed by atoms with Crippen molar-refractivity contribution in [1.82, 2.24) is 4.90 Å². The summed E-state index contributed by atoms with van der Waals surface area (Å²) in [6, 6.07) is 6.06. The summed E-state index contributed by atoms with van der Waals surface area (Å²) >= 11 is 0. The minimum Gasteiger partial charge on any atom is -0.387 e. The van der Waals surface area contributed by atoms with E-state index >= 15 is 0 Å². The van der Waals surface area contributed by atoms with Crippen LogP contribution in [0.25, 0.3) is 0 Å². The Bertz CT molecular complexity index is 418. The van der Waals surface area contributed by atoms with Gasteiger partial charge in [-0.1, -0.05) is 12.1 Å².